The summed E-state index contributed by atoms with van der Waals surface area (Å²) in [6.45, 7) is 7.33. The predicted molar refractivity (Wildman–Crippen MR) is 97.4 cm³/mol. The summed E-state index contributed by atoms with van der Waals surface area (Å²) >= 11 is 6.14. The zero-order valence-corrected chi connectivity index (χ0v) is 15.8. The van der Waals surface area contributed by atoms with Crippen LogP contribution in [0.1, 0.15) is 44.7 Å². The number of hydrogen-bond acceptors (Lipinski definition) is 3. The molecule has 1 saturated carbocycles. The lowest BCUT2D eigenvalue weighted by molar-refractivity contribution is 0.0277. The topological polar surface area (TPSA) is 53.3 Å². The third kappa shape index (κ3) is 4.27. The van der Waals surface area contributed by atoms with Gasteiger partial charge < -0.3 is 9.64 Å². The fourth-order valence-electron chi connectivity index (χ4n) is 4.18. The number of amides is 1. The highest BCUT2D eigenvalue weighted by molar-refractivity contribution is 6.31. The Hall–Kier alpha value is -1.73. The van der Waals surface area contributed by atoms with Gasteiger partial charge in [0.05, 0.1) is 10.6 Å². The molecule has 1 heterocycles. The van der Waals surface area contributed by atoms with Gasteiger partial charge in [0, 0.05) is 13.1 Å². The lowest BCUT2D eigenvalue weighted by atomic mass is 9.96. The Morgan fingerprint density at radius 3 is 2.48 bits per heavy atom. The summed E-state index contributed by atoms with van der Waals surface area (Å²) in [5.41, 5.74) is 1.28. The third-order valence-electron chi connectivity index (χ3n) is 5.18. The SMILES string of the molecule is CC(C)(C)OC(=O)N1CC2CC(Cc3ccc(C#N)c(Cl)c3)C[C@H]2C1. The summed E-state index contributed by atoms with van der Waals surface area (Å²) in [4.78, 5) is 14.1. The number of benzene rings is 1. The van der Waals surface area contributed by atoms with Crippen molar-refractivity contribution in [2.24, 2.45) is 17.8 Å². The lowest BCUT2D eigenvalue weighted by Crippen LogP contribution is -2.36. The second-order valence-corrected chi connectivity index (χ2v) is 8.78. The number of fused-ring (bicyclic) bond motifs is 1. The first-order valence-corrected chi connectivity index (χ1v) is 9.29. The Balaban J connectivity index is 1.54. The van der Waals surface area contributed by atoms with Gasteiger partial charge in [0.15, 0.2) is 0 Å². The molecule has 2 unspecified atom stereocenters. The molecule has 2 aliphatic rings. The van der Waals surface area contributed by atoms with Crippen molar-refractivity contribution in [2.75, 3.05) is 13.1 Å². The molecule has 0 N–H and O–H groups in total. The van der Waals surface area contributed by atoms with E-state index in [0.717, 1.165) is 32.4 Å². The van der Waals surface area contributed by atoms with Crippen LogP contribution in [0.5, 0.6) is 0 Å². The van der Waals surface area contributed by atoms with Gasteiger partial charge in [0.25, 0.3) is 0 Å². The highest BCUT2D eigenvalue weighted by atomic mass is 35.5. The fourth-order valence-corrected chi connectivity index (χ4v) is 4.42. The molecule has 5 heteroatoms. The van der Waals surface area contributed by atoms with E-state index in [0.29, 0.717) is 28.3 Å². The molecule has 0 radical (unpaired) electrons. The summed E-state index contributed by atoms with van der Waals surface area (Å²) in [5.74, 6) is 1.78. The van der Waals surface area contributed by atoms with Crippen molar-refractivity contribution in [3.05, 3.63) is 34.3 Å². The van der Waals surface area contributed by atoms with Crippen LogP contribution in [0.15, 0.2) is 18.2 Å². The molecule has 1 saturated heterocycles. The zero-order valence-electron chi connectivity index (χ0n) is 15.1. The molecule has 1 aromatic rings. The normalized spacial score (nSPS) is 25.6. The number of hydrogen-bond donors (Lipinski definition) is 0. The average Bonchev–Trinajstić information content (AvgIpc) is 3.04. The lowest BCUT2D eigenvalue weighted by Gasteiger charge is -2.25. The minimum Gasteiger partial charge on any atom is -0.444 e. The molecule has 1 aliphatic heterocycles. The molecule has 134 valence electrons. The zero-order chi connectivity index (χ0) is 18.2. The predicted octanol–water partition coefficient (Wildman–Crippen LogP) is 4.65. The van der Waals surface area contributed by atoms with E-state index in [2.05, 4.69) is 6.07 Å². The maximum atomic E-state index is 12.2. The number of ether oxygens (including phenoxy) is 1. The second-order valence-electron chi connectivity index (χ2n) is 8.37. The second kappa shape index (κ2) is 6.88. The fraction of sp³-hybridized carbons (Fsp3) is 0.600. The van der Waals surface area contributed by atoms with Crippen LogP contribution in [-0.4, -0.2) is 29.7 Å². The van der Waals surface area contributed by atoms with E-state index in [1.165, 1.54) is 5.56 Å². The Kier molecular flexibility index (Phi) is 4.97. The van der Waals surface area contributed by atoms with Gasteiger partial charge in [-0.05, 0) is 75.5 Å². The van der Waals surface area contributed by atoms with Crippen LogP contribution in [0.25, 0.3) is 0 Å². The van der Waals surface area contributed by atoms with Gasteiger partial charge >= 0.3 is 6.09 Å². The van der Waals surface area contributed by atoms with Crippen LogP contribution in [0.4, 0.5) is 4.79 Å². The first kappa shape index (κ1) is 18.1. The molecule has 0 bridgehead atoms. The van der Waals surface area contributed by atoms with Crippen molar-refractivity contribution in [1.29, 1.82) is 5.26 Å². The Morgan fingerprint density at radius 2 is 1.96 bits per heavy atom. The monoisotopic (exact) mass is 360 g/mol. The molecule has 1 aromatic carbocycles. The van der Waals surface area contributed by atoms with Crippen molar-refractivity contribution in [2.45, 2.75) is 45.6 Å². The van der Waals surface area contributed by atoms with Crippen LogP contribution >= 0.6 is 11.6 Å². The summed E-state index contributed by atoms with van der Waals surface area (Å²) in [5, 5.41) is 9.50. The molecular formula is C20H25ClN2O2. The molecular weight excluding hydrogens is 336 g/mol. The van der Waals surface area contributed by atoms with E-state index >= 15 is 0 Å². The largest absolute Gasteiger partial charge is 0.444 e. The minimum atomic E-state index is -0.438. The third-order valence-corrected chi connectivity index (χ3v) is 5.49. The van der Waals surface area contributed by atoms with E-state index in [9.17, 15) is 4.79 Å². The molecule has 3 atom stereocenters. The van der Waals surface area contributed by atoms with E-state index in [1.54, 1.807) is 6.07 Å². The van der Waals surface area contributed by atoms with Crippen molar-refractivity contribution >= 4 is 17.7 Å². The van der Waals surface area contributed by atoms with Crippen LogP contribution in [0, 0.1) is 29.1 Å². The van der Waals surface area contributed by atoms with Crippen molar-refractivity contribution in [3.8, 4) is 6.07 Å². The maximum Gasteiger partial charge on any atom is 0.410 e. The van der Waals surface area contributed by atoms with Crippen LogP contribution in [0.2, 0.25) is 5.02 Å². The number of likely N-dealkylation sites (tertiary alicyclic amines) is 1. The highest BCUT2D eigenvalue weighted by Gasteiger charge is 2.43. The van der Waals surface area contributed by atoms with Gasteiger partial charge in [0.2, 0.25) is 0 Å². The van der Waals surface area contributed by atoms with Crippen molar-refractivity contribution < 1.29 is 9.53 Å². The Morgan fingerprint density at radius 1 is 1.32 bits per heavy atom. The van der Waals surface area contributed by atoms with Gasteiger partial charge in [-0.15, -0.1) is 0 Å². The van der Waals surface area contributed by atoms with E-state index in [1.807, 2.05) is 37.8 Å². The Bertz CT molecular complexity index is 691. The van der Waals surface area contributed by atoms with Gasteiger partial charge in [-0.1, -0.05) is 17.7 Å². The van der Waals surface area contributed by atoms with Crippen LogP contribution in [0.3, 0.4) is 0 Å². The quantitative estimate of drug-likeness (QED) is 0.771. The van der Waals surface area contributed by atoms with Crippen molar-refractivity contribution in [3.63, 3.8) is 0 Å². The summed E-state index contributed by atoms with van der Waals surface area (Å²) < 4.78 is 5.49. The molecule has 25 heavy (non-hydrogen) atoms. The molecule has 0 aromatic heterocycles. The smallest absolute Gasteiger partial charge is 0.410 e. The minimum absolute atomic E-state index is 0.183. The highest BCUT2D eigenvalue weighted by Crippen LogP contribution is 2.43. The van der Waals surface area contributed by atoms with Gasteiger partial charge in [-0.2, -0.15) is 5.26 Å². The standard InChI is InChI=1S/C20H25ClN2O2/c1-20(2,3)25-19(24)23-11-16-7-14(8-17(16)12-23)6-13-4-5-15(10-22)18(21)9-13/h4-5,9,14,16-17H,6-8,11-12H2,1-3H3/t14?,16-,17?/m0/s1. The van der Waals surface area contributed by atoms with Gasteiger partial charge in [0.1, 0.15) is 11.7 Å². The van der Waals surface area contributed by atoms with Gasteiger partial charge in [-0.3, -0.25) is 0 Å². The average molecular weight is 361 g/mol. The molecule has 1 amide bonds. The number of carbonyl (C=O) groups excluding carboxylic acids is 1. The number of rotatable bonds is 2. The van der Waals surface area contributed by atoms with E-state index < -0.39 is 5.60 Å². The van der Waals surface area contributed by atoms with Crippen LogP contribution < -0.4 is 0 Å². The molecule has 3 rings (SSSR count). The molecule has 0 spiro atoms. The maximum absolute atomic E-state index is 12.2. The molecule has 1 aliphatic carbocycles. The van der Waals surface area contributed by atoms with Gasteiger partial charge in [-0.25, -0.2) is 4.79 Å². The van der Waals surface area contributed by atoms with Crippen LogP contribution in [-0.2, 0) is 11.2 Å². The Labute approximate surface area is 154 Å². The molecule has 4 nitrogen and oxygen atoms in total. The first-order chi connectivity index (χ1) is 11.7. The van der Waals surface area contributed by atoms with E-state index in [-0.39, 0.29) is 6.09 Å². The summed E-state index contributed by atoms with van der Waals surface area (Å²) in [6, 6.07) is 7.83. The number of nitrogens with zero attached hydrogens (tertiary/aromatic N) is 2. The summed E-state index contributed by atoms with van der Waals surface area (Å²) in [7, 11) is 0. The number of carbonyl (C=O) groups is 1. The van der Waals surface area contributed by atoms with E-state index in [4.69, 9.17) is 21.6 Å². The number of halogens is 1. The number of nitriles is 1. The summed E-state index contributed by atoms with van der Waals surface area (Å²) in [6.07, 6.45) is 3.09. The first-order valence-electron chi connectivity index (χ1n) is 8.91. The molecule has 2 fully saturated rings. The van der Waals surface area contributed by atoms with Crippen molar-refractivity contribution in [1.82, 2.24) is 4.90 Å².